The van der Waals surface area contributed by atoms with E-state index in [9.17, 15) is 29.4 Å². The topological polar surface area (TPSA) is 155 Å². The molecule has 8 nitrogen and oxygen atoms in total. The van der Waals surface area contributed by atoms with Crippen LogP contribution in [0.3, 0.4) is 0 Å². The summed E-state index contributed by atoms with van der Waals surface area (Å²) in [6, 6.07) is 0. The van der Waals surface area contributed by atoms with E-state index < -0.39 is 24.8 Å². The van der Waals surface area contributed by atoms with E-state index in [0.29, 0.717) is 0 Å². The molecule has 2 N–H and O–H groups in total. The molecule has 0 saturated heterocycles. The van der Waals surface area contributed by atoms with Crippen LogP contribution >= 0.6 is 0 Å². The summed E-state index contributed by atoms with van der Waals surface area (Å²) in [6.07, 6.45) is -0.944. The zero-order chi connectivity index (χ0) is 17.1. The van der Waals surface area contributed by atoms with Crippen LogP contribution in [0.5, 0.6) is 0 Å². The van der Waals surface area contributed by atoms with Crippen molar-refractivity contribution in [3.8, 4) is 0 Å². The van der Waals surface area contributed by atoms with Gasteiger partial charge in [-0.3, -0.25) is 9.59 Å². The van der Waals surface area contributed by atoms with Gasteiger partial charge in [-0.25, -0.2) is 0 Å². The van der Waals surface area contributed by atoms with Crippen LogP contribution in [0.15, 0.2) is 0 Å². The van der Waals surface area contributed by atoms with Crippen LogP contribution in [0, 0.1) is 0 Å². The normalized spacial score (nSPS) is 7.14. The molecule has 0 rings (SSSR count). The standard InChI is InChI=1S/2C4H6O3.2C2H6O.Ti/c2*1-3(5)2-4(6)7;2*1-2-3;/h2*2H2,1H3,(H,6,7);2*3H,2H2,1H3;/q;;;;+2/p-2. The van der Waals surface area contributed by atoms with Gasteiger partial charge in [-0.15, -0.1) is 0 Å². The smallest absolute Gasteiger partial charge is 0.550 e. The Morgan fingerprint density at radius 1 is 0.762 bits per heavy atom. The van der Waals surface area contributed by atoms with Gasteiger partial charge in [0.05, 0.1) is 0 Å². The first-order valence-electron chi connectivity index (χ1n) is 5.69. The average Bonchev–Trinajstić information content (AvgIpc) is 2.15. The Labute approximate surface area is 139 Å². The van der Waals surface area contributed by atoms with Crippen LogP contribution < -0.4 is 10.2 Å². The minimum atomic E-state index is -1.31. The number of Topliss-reactive ketones (excluding diaryl/α,β-unsaturated/α-hetero) is 2. The second-order valence-corrected chi connectivity index (χ2v) is 3.13. The Hall–Kier alpha value is -1.09. The summed E-state index contributed by atoms with van der Waals surface area (Å²) < 4.78 is 0. The van der Waals surface area contributed by atoms with Crippen molar-refractivity contribution in [2.75, 3.05) is 13.2 Å². The molecule has 0 saturated carbocycles. The third-order valence-corrected chi connectivity index (χ3v) is 0.787. The van der Waals surface area contributed by atoms with Gasteiger partial charge in [-0.1, -0.05) is 0 Å². The number of aliphatic carboxylic acids is 2. The maximum atomic E-state index is 9.83. The van der Waals surface area contributed by atoms with Crippen molar-refractivity contribution in [2.45, 2.75) is 40.5 Å². The first kappa shape index (κ1) is 32.0. The average molecular weight is 342 g/mol. The number of hydrogen-bond donors (Lipinski definition) is 2. The van der Waals surface area contributed by atoms with E-state index in [1.807, 2.05) is 0 Å². The Kier molecular flexibility index (Phi) is 41.6. The number of ketones is 2. The molecule has 0 aromatic carbocycles. The minimum Gasteiger partial charge on any atom is -0.550 e. The van der Waals surface area contributed by atoms with Gasteiger partial charge in [0.15, 0.2) is 0 Å². The first-order chi connectivity index (χ1) is 9.08. The molecule has 0 heterocycles. The summed E-state index contributed by atoms with van der Waals surface area (Å²) >= 11 is 0. The number of carbonyl (C=O) groups is 4. The van der Waals surface area contributed by atoms with E-state index in [2.05, 4.69) is 0 Å². The van der Waals surface area contributed by atoms with Crippen molar-refractivity contribution in [1.29, 1.82) is 0 Å². The molecule has 0 bridgehead atoms. The second kappa shape index (κ2) is 27.3. The summed E-state index contributed by atoms with van der Waals surface area (Å²) in [5, 5.41) is 34.1. The number of carboxylic acids is 2. The van der Waals surface area contributed by atoms with E-state index in [1.165, 1.54) is 13.8 Å². The number of carbonyl (C=O) groups excluding carboxylic acids is 4. The Balaban J connectivity index is -0.0000000576. The van der Waals surface area contributed by atoms with Crippen molar-refractivity contribution < 1.29 is 61.3 Å². The molecule has 0 aliphatic carbocycles. The third-order valence-electron chi connectivity index (χ3n) is 0.787. The molecule has 122 valence electrons. The molecule has 0 aliphatic rings. The molecule has 0 aromatic heterocycles. The Morgan fingerprint density at radius 2 is 0.905 bits per heavy atom. The molecule has 0 atom stereocenters. The monoisotopic (exact) mass is 342 g/mol. The number of aliphatic hydroxyl groups excluding tert-OH is 2. The molecular weight excluding hydrogens is 320 g/mol. The minimum absolute atomic E-state index is 0. The second-order valence-electron chi connectivity index (χ2n) is 3.13. The molecular formula is C12H22O8Ti. The van der Waals surface area contributed by atoms with E-state index in [4.69, 9.17) is 10.2 Å². The first-order valence-corrected chi connectivity index (χ1v) is 5.69. The van der Waals surface area contributed by atoms with Gasteiger partial charge in [0.1, 0.15) is 11.6 Å². The van der Waals surface area contributed by atoms with Crippen LogP contribution in [-0.4, -0.2) is 46.9 Å². The molecule has 0 spiro atoms. The number of rotatable bonds is 4. The van der Waals surface area contributed by atoms with E-state index >= 15 is 0 Å². The van der Waals surface area contributed by atoms with Crippen LogP contribution in [-0.2, 0) is 40.9 Å². The molecule has 9 heteroatoms. The predicted octanol–water partition coefficient (Wildman–Crippen LogP) is -2.57. The number of aliphatic hydroxyl groups is 2. The van der Waals surface area contributed by atoms with Crippen LogP contribution in [0.25, 0.3) is 0 Å². The number of hydrogen-bond acceptors (Lipinski definition) is 8. The summed E-state index contributed by atoms with van der Waals surface area (Å²) in [5.74, 6) is -3.37. The van der Waals surface area contributed by atoms with Crippen molar-refractivity contribution >= 4 is 23.5 Å². The summed E-state index contributed by atoms with van der Waals surface area (Å²) in [5.41, 5.74) is 0. The maximum Gasteiger partial charge on any atom is 2.00 e. The fourth-order valence-corrected chi connectivity index (χ4v) is 0.407. The van der Waals surface area contributed by atoms with Gasteiger partial charge in [0.25, 0.3) is 0 Å². The van der Waals surface area contributed by atoms with E-state index in [0.717, 1.165) is 0 Å². The Bertz CT molecular complexity index is 226. The fraction of sp³-hybridized carbons (Fsp3) is 0.667. The SMILES string of the molecule is CC(=O)CC(=O)[O-].CC(=O)CC(=O)[O-].CCO.CCO.[Ti+2]. The van der Waals surface area contributed by atoms with Crippen molar-refractivity contribution in [1.82, 2.24) is 0 Å². The van der Waals surface area contributed by atoms with Gasteiger partial charge in [-0.05, 0) is 27.7 Å². The summed E-state index contributed by atoms with van der Waals surface area (Å²) in [4.78, 5) is 38.6. The number of carboxylic acid groups (broad SMARTS) is 2. The van der Waals surface area contributed by atoms with Crippen molar-refractivity contribution in [2.24, 2.45) is 0 Å². The zero-order valence-corrected chi connectivity index (χ0v) is 14.2. The molecule has 0 fully saturated rings. The molecule has 21 heavy (non-hydrogen) atoms. The van der Waals surface area contributed by atoms with Crippen molar-refractivity contribution in [3.05, 3.63) is 0 Å². The van der Waals surface area contributed by atoms with Crippen LogP contribution in [0.2, 0.25) is 0 Å². The Morgan fingerprint density at radius 3 is 0.905 bits per heavy atom. The van der Waals surface area contributed by atoms with Crippen LogP contribution in [0.4, 0.5) is 0 Å². The third kappa shape index (κ3) is 113. The largest absolute Gasteiger partial charge is 2.00 e. The van der Waals surface area contributed by atoms with Gasteiger partial charge >= 0.3 is 21.7 Å². The zero-order valence-electron chi connectivity index (χ0n) is 12.7. The maximum absolute atomic E-state index is 9.83. The fourth-order valence-electron chi connectivity index (χ4n) is 0.407. The quantitative estimate of drug-likeness (QED) is 0.417. The van der Waals surface area contributed by atoms with E-state index in [1.54, 1.807) is 13.8 Å². The van der Waals surface area contributed by atoms with Gasteiger partial charge in [-0.2, -0.15) is 0 Å². The molecule has 0 amide bonds. The molecule has 0 aromatic rings. The molecule has 0 radical (unpaired) electrons. The van der Waals surface area contributed by atoms with Gasteiger partial charge < -0.3 is 30.0 Å². The van der Waals surface area contributed by atoms with Gasteiger partial charge in [0, 0.05) is 38.0 Å². The molecule has 0 aliphatic heterocycles. The van der Waals surface area contributed by atoms with Crippen LogP contribution in [0.1, 0.15) is 40.5 Å². The molecule has 0 unspecified atom stereocenters. The predicted molar refractivity (Wildman–Crippen MR) is 66.1 cm³/mol. The summed E-state index contributed by atoms with van der Waals surface area (Å²) in [6.45, 7) is 6.27. The van der Waals surface area contributed by atoms with Gasteiger partial charge in [0.2, 0.25) is 0 Å². The summed E-state index contributed by atoms with van der Waals surface area (Å²) in [7, 11) is 0. The van der Waals surface area contributed by atoms with Crippen molar-refractivity contribution in [3.63, 3.8) is 0 Å². The van der Waals surface area contributed by atoms with E-state index in [-0.39, 0.29) is 46.5 Å².